The topological polar surface area (TPSA) is 29.3 Å². The van der Waals surface area contributed by atoms with E-state index in [0.717, 1.165) is 23.9 Å². The van der Waals surface area contributed by atoms with E-state index in [4.69, 9.17) is 5.73 Å². The van der Waals surface area contributed by atoms with Crippen molar-refractivity contribution in [2.75, 3.05) is 18.5 Å². The highest BCUT2D eigenvalue weighted by molar-refractivity contribution is 9.10. The first-order valence-corrected chi connectivity index (χ1v) is 7.77. The molecule has 1 unspecified atom stereocenters. The lowest BCUT2D eigenvalue weighted by Crippen LogP contribution is -2.29. The number of rotatable bonds is 5. The van der Waals surface area contributed by atoms with Crippen molar-refractivity contribution in [3.8, 4) is 0 Å². The van der Waals surface area contributed by atoms with E-state index in [1.165, 1.54) is 11.3 Å². The summed E-state index contributed by atoms with van der Waals surface area (Å²) in [5.74, 6) is 0. The maximum absolute atomic E-state index is 6.02. The van der Waals surface area contributed by atoms with Gasteiger partial charge >= 0.3 is 0 Å². The molecule has 3 heteroatoms. The summed E-state index contributed by atoms with van der Waals surface area (Å²) >= 11 is 3.67. The van der Waals surface area contributed by atoms with Gasteiger partial charge in [0.15, 0.2) is 0 Å². The lowest BCUT2D eigenvalue weighted by atomic mass is 9.96. The fourth-order valence-corrected chi connectivity index (χ4v) is 2.70. The molecule has 0 aliphatic rings. The molecule has 0 fully saturated rings. The first-order valence-electron chi connectivity index (χ1n) is 6.98. The molecule has 19 heavy (non-hydrogen) atoms. The summed E-state index contributed by atoms with van der Waals surface area (Å²) in [5, 5.41) is 0. The standard InChI is InChI=1S/C16H27BrN2/c1-6-13(18)9-12-7-8-14(10-15(12)17)19(5)11-16(2,3)4/h7-8,10,13H,6,9,11,18H2,1-5H3. The van der Waals surface area contributed by atoms with Crippen molar-refractivity contribution in [1.82, 2.24) is 0 Å². The summed E-state index contributed by atoms with van der Waals surface area (Å²) in [5.41, 5.74) is 8.86. The zero-order valence-corrected chi connectivity index (χ0v) is 14.4. The van der Waals surface area contributed by atoms with E-state index < -0.39 is 0 Å². The fourth-order valence-electron chi connectivity index (χ4n) is 2.17. The number of hydrogen-bond donors (Lipinski definition) is 1. The summed E-state index contributed by atoms with van der Waals surface area (Å²) in [4.78, 5) is 2.30. The van der Waals surface area contributed by atoms with Crippen LogP contribution in [-0.4, -0.2) is 19.6 Å². The Morgan fingerprint density at radius 3 is 2.42 bits per heavy atom. The number of benzene rings is 1. The van der Waals surface area contributed by atoms with E-state index in [9.17, 15) is 0 Å². The van der Waals surface area contributed by atoms with Gasteiger partial charge in [-0.1, -0.05) is 49.7 Å². The zero-order chi connectivity index (χ0) is 14.6. The van der Waals surface area contributed by atoms with Crippen LogP contribution in [-0.2, 0) is 6.42 Å². The second kappa shape index (κ2) is 6.76. The highest BCUT2D eigenvalue weighted by Crippen LogP contribution is 2.26. The van der Waals surface area contributed by atoms with Crippen LogP contribution < -0.4 is 10.6 Å². The first kappa shape index (κ1) is 16.5. The van der Waals surface area contributed by atoms with Crippen LogP contribution in [0, 0.1) is 5.41 Å². The molecule has 1 atom stereocenters. The fraction of sp³-hybridized carbons (Fsp3) is 0.625. The highest BCUT2D eigenvalue weighted by Gasteiger charge is 2.15. The van der Waals surface area contributed by atoms with Crippen LogP contribution >= 0.6 is 15.9 Å². The minimum atomic E-state index is 0.245. The van der Waals surface area contributed by atoms with Gasteiger partial charge in [0, 0.05) is 29.8 Å². The van der Waals surface area contributed by atoms with Crippen LogP contribution in [0.4, 0.5) is 5.69 Å². The van der Waals surface area contributed by atoms with Crippen molar-refractivity contribution < 1.29 is 0 Å². The lowest BCUT2D eigenvalue weighted by Gasteiger charge is -2.28. The van der Waals surface area contributed by atoms with Crippen LogP contribution in [0.2, 0.25) is 0 Å². The molecule has 0 spiro atoms. The van der Waals surface area contributed by atoms with E-state index in [-0.39, 0.29) is 6.04 Å². The Morgan fingerprint density at radius 2 is 1.95 bits per heavy atom. The van der Waals surface area contributed by atoms with E-state index in [1.807, 2.05) is 0 Å². The van der Waals surface area contributed by atoms with Gasteiger partial charge < -0.3 is 10.6 Å². The molecule has 0 heterocycles. The molecule has 0 amide bonds. The SMILES string of the molecule is CCC(N)Cc1ccc(N(C)CC(C)(C)C)cc1Br. The van der Waals surface area contributed by atoms with Crippen molar-refractivity contribution in [3.05, 3.63) is 28.2 Å². The first-order chi connectivity index (χ1) is 8.73. The molecule has 2 N–H and O–H groups in total. The predicted octanol–water partition coefficient (Wildman–Crippen LogP) is 4.21. The molecular weight excluding hydrogens is 300 g/mol. The van der Waals surface area contributed by atoms with Crippen LogP contribution in [0.15, 0.2) is 22.7 Å². The molecule has 108 valence electrons. The van der Waals surface area contributed by atoms with Crippen LogP contribution in [0.1, 0.15) is 39.7 Å². The van der Waals surface area contributed by atoms with Gasteiger partial charge in [-0.05, 0) is 36.0 Å². The Labute approximate surface area is 126 Å². The van der Waals surface area contributed by atoms with Crippen molar-refractivity contribution >= 4 is 21.6 Å². The Kier molecular flexibility index (Phi) is 5.87. The molecule has 0 aromatic heterocycles. The summed E-state index contributed by atoms with van der Waals surface area (Å²) in [6.45, 7) is 9.94. The van der Waals surface area contributed by atoms with Gasteiger partial charge in [0.25, 0.3) is 0 Å². The number of hydrogen-bond acceptors (Lipinski definition) is 2. The predicted molar refractivity (Wildman–Crippen MR) is 88.8 cm³/mol. The average Bonchev–Trinajstić information content (AvgIpc) is 2.29. The van der Waals surface area contributed by atoms with Crippen LogP contribution in [0.3, 0.4) is 0 Å². The molecule has 1 aromatic carbocycles. The third kappa shape index (κ3) is 5.53. The Morgan fingerprint density at radius 1 is 1.32 bits per heavy atom. The van der Waals surface area contributed by atoms with Gasteiger partial charge in [-0.25, -0.2) is 0 Å². The second-order valence-corrected chi connectivity index (χ2v) is 7.42. The molecular formula is C16H27BrN2. The number of anilines is 1. The summed E-state index contributed by atoms with van der Waals surface area (Å²) in [6, 6.07) is 6.82. The Balaban J connectivity index is 2.81. The minimum absolute atomic E-state index is 0.245. The lowest BCUT2D eigenvalue weighted by molar-refractivity contribution is 0.419. The number of nitrogens with zero attached hydrogens (tertiary/aromatic N) is 1. The molecule has 0 aliphatic carbocycles. The molecule has 1 aromatic rings. The molecule has 0 bridgehead atoms. The average molecular weight is 327 g/mol. The van der Waals surface area contributed by atoms with E-state index in [1.54, 1.807) is 0 Å². The van der Waals surface area contributed by atoms with Crippen molar-refractivity contribution in [2.45, 2.75) is 46.6 Å². The van der Waals surface area contributed by atoms with Crippen LogP contribution in [0.5, 0.6) is 0 Å². The molecule has 0 saturated heterocycles. The van der Waals surface area contributed by atoms with Crippen molar-refractivity contribution in [2.24, 2.45) is 11.1 Å². The number of nitrogens with two attached hydrogens (primary N) is 1. The maximum Gasteiger partial charge on any atom is 0.0375 e. The second-order valence-electron chi connectivity index (χ2n) is 6.56. The molecule has 0 radical (unpaired) electrons. The Bertz CT molecular complexity index is 410. The molecule has 2 nitrogen and oxygen atoms in total. The van der Waals surface area contributed by atoms with E-state index in [2.05, 4.69) is 73.8 Å². The van der Waals surface area contributed by atoms with Gasteiger partial charge in [-0.2, -0.15) is 0 Å². The molecule has 0 saturated carbocycles. The normalized spacial score (nSPS) is 13.4. The largest absolute Gasteiger partial charge is 0.374 e. The molecule has 1 rings (SSSR count). The minimum Gasteiger partial charge on any atom is -0.374 e. The monoisotopic (exact) mass is 326 g/mol. The smallest absolute Gasteiger partial charge is 0.0375 e. The summed E-state index contributed by atoms with van der Waals surface area (Å²) in [7, 11) is 2.14. The van der Waals surface area contributed by atoms with Gasteiger partial charge in [-0.3, -0.25) is 0 Å². The number of halogens is 1. The van der Waals surface area contributed by atoms with Gasteiger partial charge in [-0.15, -0.1) is 0 Å². The van der Waals surface area contributed by atoms with Crippen molar-refractivity contribution in [1.29, 1.82) is 0 Å². The van der Waals surface area contributed by atoms with E-state index >= 15 is 0 Å². The molecule has 0 aliphatic heterocycles. The third-order valence-corrected chi connectivity index (χ3v) is 3.93. The van der Waals surface area contributed by atoms with Gasteiger partial charge in [0.1, 0.15) is 0 Å². The van der Waals surface area contributed by atoms with Crippen LogP contribution in [0.25, 0.3) is 0 Å². The maximum atomic E-state index is 6.02. The van der Waals surface area contributed by atoms with Gasteiger partial charge in [0.2, 0.25) is 0 Å². The summed E-state index contributed by atoms with van der Waals surface area (Å²) in [6.07, 6.45) is 1.94. The zero-order valence-electron chi connectivity index (χ0n) is 12.8. The van der Waals surface area contributed by atoms with Crippen molar-refractivity contribution in [3.63, 3.8) is 0 Å². The van der Waals surface area contributed by atoms with E-state index in [0.29, 0.717) is 5.41 Å². The third-order valence-electron chi connectivity index (χ3n) is 3.20. The quantitative estimate of drug-likeness (QED) is 0.878. The highest BCUT2D eigenvalue weighted by atomic mass is 79.9. The van der Waals surface area contributed by atoms with Gasteiger partial charge in [0.05, 0.1) is 0 Å². The summed E-state index contributed by atoms with van der Waals surface area (Å²) < 4.78 is 1.16. The Hall–Kier alpha value is -0.540.